The molecule has 0 fully saturated rings. The molecule has 4 nitrogen and oxygen atoms in total. The smallest absolute Gasteiger partial charge is 0.108 e. The molecule has 0 saturated carbocycles. The van der Waals surface area contributed by atoms with Crippen LogP contribution in [0.4, 0.5) is 0 Å². The normalized spacial score (nSPS) is 17.9. The van der Waals surface area contributed by atoms with E-state index in [4.69, 9.17) is 5.11 Å². The number of fused-ring (bicyclic) bond motifs is 1. The molecule has 0 spiro atoms. The summed E-state index contributed by atoms with van der Waals surface area (Å²) in [5.74, 6) is 0. The third-order valence-electron chi connectivity index (χ3n) is 2.83. The molecule has 3 N–H and O–H groups in total. The summed E-state index contributed by atoms with van der Waals surface area (Å²) < 4.78 is 0. The third-order valence-corrected chi connectivity index (χ3v) is 2.83. The molecule has 0 amide bonds. The zero-order valence-corrected chi connectivity index (χ0v) is 8.87. The van der Waals surface area contributed by atoms with Crippen molar-refractivity contribution in [2.45, 2.75) is 25.0 Å². The fourth-order valence-corrected chi connectivity index (χ4v) is 1.95. The van der Waals surface area contributed by atoms with Crippen LogP contribution in [0.5, 0.6) is 0 Å². The van der Waals surface area contributed by atoms with E-state index >= 15 is 0 Å². The first-order chi connectivity index (χ1) is 7.74. The molecule has 0 radical (unpaired) electrons. The van der Waals surface area contributed by atoms with Gasteiger partial charge in [-0.15, -0.1) is 0 Å². The maximum atomic E-state index is 9.88. The number of rotatable bonds is 3. The van der Waals surface area contributed by atoms with Crippen molar-refractivity contribution in [3.63, 3.8) is 0 Å². The highest BCUT2D eigenvalue weighted by Gasteiger charge is 2.22. The molecule has 1 aliphatic carbocycles. The molecule has 0 saturated heterocycles. The molecule has 86 valence electrons. The first-order valence-corrected chi connectivity index (χ1v) is 5.35. The lowest BCUT2D eigenvalue weighted by molar-refractivity contribution is -0.0157. The molecule has 1 heterocycles. The number of aromatic nitrogens is 1. The van der Waals surface area contributed by atoms with E-state index in [0.29, 0.717) is 5.56 Å². The maximum absolute atomic E-state index is 9.88. The predicted molar refractivity (Wildman–Crippen MR) is 59.6 cm³/mol. The van der Waals surface area contributed by atoms with Crippen LogP contribution in [-0.2, 0) is 6.42 Å². The van der Waals surface area contributed by atoms with Gasteiger partial charge in [-0.05, 0) is 36.1 Å². The van der Waals surface area contributed by atoms with Crippen LogP contribution >= 0.6 is 0 Å². The Morgan fingerprint density at radius 2 is 2.19 bits per heavy atom. The molecular formula is C12H15NO3. The van der Waals surface area contributed by atoms with Crippen molar-refractivity contribution in [2.24, 2.45) is 0 Å². The fraction of sp³-hybridized carbons (Fsp3) is 0.417. The average Bonchev–Trinajstić information content (AvgIpc) is 2.36. The second-order valence-electron chi connectivity index (χ2n) is 3.90. The zero-order chi connectivity index (χ0) is 11.5. The Balaban J connectivity index is 2.38. The van der Waals surface area contributed by atoms with Crippen LogP contribution in [0.3, 0.4) is 0 Å². The van der Waals surface area contributed by atoms with E-state index in [1.807, 2.05) is 12.2 Å². The van der Waals surface area contributed by atoms with Gasteiger partial charge in [0.2, 0.25) is 0 Å². The minimum Gasteiger partial charge on any atom is -0.394 e. The summed E-state index contributed by atoms with van der Waals surface area (Å²) in [4.78, 5) is 4.21. The lowest BCUT2D eigenvalue weighted by Crippen LogP contribution is -2.23. The van der Waals surface area contributed by atoms with E-state index < -0.39 is 18.8 Å². The highest BCUT2D eigenvalue weighted by Crippen LogP contribution is 2.27. The maximum Gasteiger partial charge on any atom is 0.108 e. The van der Waals surface area contributed by atoms with Crippen molar-refractivity contribution in [1.82, 2.24) is 4.98 Å². The number of hydrogen-bond acceptors (Lipinski definition) is 4. The van der Waals surface area contributed by atoms with Gasteiger partial charge in [-0.25, -0.2) is 0 Å². The first-order valence-electron chi connectivity index (χ1n) is 5.35. The van der Waals surface area contributed by atoms with Crippen LogP contribution in [0, 0.1) is 0 Å². The van der Waals surface area contributed by atoms with E-state index in [9.17, 15) is 10.2 Å². The van der Waals surface area contributed by atoms with Gasteiger partial charge in [0.1, 0.15) is 12.2 Å². The topological polar surface area (TPSA) is 73.6 Å². The Morgan fingerprint density at radius 1 is 1.38 bits per heavy atom. The van der Waals surface area contributed by atoms with Crippen LogP contribution in [0.25, 0.3) is 6.08 Å². The third kappa shape index (κ3) is 2.00. The van der Waals surface area contributed by atoms with Gasteiger partial charge in [-0.3, -0.25) is 4.98 Å². The minimum absolute atomic E-state index is 0.450. The molecule has 0 bridgehead atoms. The van der Waals surface area contributed by atoms with Crippen molar-refractivity contribution in [2.75, 3.05) is 6.61 Å². The van der Waals surface area contributed by atoms with Crippen LogP contribution < -0.4 is 0 Å². The van der Waals surface area contributed by atoms with Crippen LogP contribution in [0.15, 0.2) is 18.3 Å². The van der Waals surface area contributed by atoms with Gasteiger partial charge >= 0.3 is 0 Å². The van der Waals surface area contributed by atoms with Crippen molar-refractivity contribution in [3.05, 3.63) is 35.2 Å². The van der Waals surface area contributed by atoms with Crippen LogP contribution in [0.2, 0.25) is 0 Å². The number of aliphatic hydroxyl groups excluding tert-OH is 3. The molecule has 2 rings (SSSR count). The lowest BCUT2D eigenvalue weighted by Gasteiger charge is -2.21. The van der Waals surface area contributed by atoms with Gasteiger partial charge in [0.05, 0.1) is 12.3 Å². The van der Waals surface area contributed by atoms with E-state index in [1.54, 1.807) is 12.3 Å². The Labute approximate surface area is 93.9 Å². The summed E-state index contributed by atoms with van der Waals surface area (Å²) >= 11 is 0. The SMILES string of the molecule is OC[C@@H](O)[C@H](O)c1ccnc2c1CCC=C2. The fourth-order valence-electron chi connectivity index (χ4n) is 1.95. The van der Waals surface area contributed by atoms with Crippen molar-refractivity contribution in [1.29, 1.82) is 0 Å². The first kappa shape index (κ1) is 11.3. The van der Waals surface area contributed by atoms with Gasteiger partial charge in [0.25, 0.3) is 0 Å². The summed E-state index contributed by atoms with van der Waals surface area (Å²) in [6, 6.07) is 1.70. The minimum atomic E-state index is -1.14. The van der Waals surface area contributed by atoms with Gasteiger partial charge in [0.15, 0.2) is 0 Å². The second kappa shape index (κ2) is 4.74. The molecule has 4 heteroatoms. The summed E-state index contributed by atoms with van der Waals surface area (Å²) in [5, 5.41) is 28.2. The zero-order valence-electron chi connectivity index (χ0n) is 8.87. The summed E-state index contributed by atoms with van der Waals surface area (Å²) in [5.41, 5.74) is 2.47. The van der Waals surface area contributed by atoms with Gasteiger partial charge < -0.3 is 15.3 Å². The van der Waals surface area contributed by atoms with Crippen molar-refractivity contribution >= 4 is 6.08 Å². The number of pyridine rings is 1. The standard InChI is InChI=1S/C12H15NO3/c14-7-11(15)12(16)9-5-6-13-10-4-2-1-3-8(9)10/h2,4-6,11-12,14-16H,1,3,7H2/t11-,12-/m1/s1. The predicted octanol–water partition coefficient (Wildman–Crippen LogP) is 0.428. The molecule has 1 aromatic heterocycles. The number of aliphatic hydroxyl groups is 3. The Hall–Kier alpha value is -1.23. The second-order valence-corrected chi connectivity index (χ2v) is 3.90. The van der Waals surface area contributed by atoms with E-state index in [-0.39, 0.29) is 0 Å². The molecule has 0 aliphatic heterocycles. The molecule has 1 aliphatic rings. The summed E-state index contributed by atoms with van der Waals surface area (Å²) in [6.07, 6.45) is 5.09. The van der Waals surface area contributed by atoms with Gasteiger partial charge in [-0.1, -0.05) is 6.08 Å². The van der Waals surface area contributed by atoms with Crippen molar-refractivity contribution in [3.8, 4) is 0 Å². The summed E-state index contributed by atoms with van der Waals surface area (Å²) in [6.45, 7) is -0.450. The Bertz CT molecular complexity index is 403. The molecule has 0 aromatic carbocycles. The number of allylic oxidation sites excluding steroid dienone is 1. The summed E-state index contributed by atoms with van der Waals surface area (Å²) in [7, 11) is 0. The largest absolute Gasteiger partial charge is 0.394 e. The van der Waals surface area contributed by atoms with E-state index in [1.165, 1.54) is 0 Å². The van der Waals surface area contributed by atoms with E-state index in [2.05, 4.69) is 4.98 Å². The van der Waals surface area contributed by atoms with Crippen LogP contribution in [-0.4, -0.2) is 33.0 Å². The Morgan fingerprint density at radius 3 is 2.94 bits per heavy atom. The number of nitrogens with zero attached hydrogens (tertiary/aromatic N) is 1. The highest BCUT2D eigenvalue weighted by atomic mass is 16.4. The Kier molecular flexibility index (Phi) is 3.33. The average molecular weight is 221 g/mol. The quantitative estimate of drug-likeness (QED) is 0.692. The number of hydrogen-bond donors (Lipinski definition) is 3. The molecule has 0 unspecified atom stereocenters. The lowest BCUT2D eigenvalue weighted by atomic mass is 9.92. The van der Waals surface area contributed by atoms with Crippen LogP contribution in [0.1, 0.15) is 29.3 Å². The van der Waals surface area contributed by atoms with Gasteiger partial charge in [0, 0.05) is 6.20 Å². The van der Waals surface area contributed by atoms with Crippen molar-refractivity contribution < 1.29 is 15.3 Å². The monoisotopic (exact) mass is 221 g/mol. The molecule has 1 aromatic rings. The van der Waals surface area contributed by atoms with E-state index in [0.717, 1.165) is 24.1 Å². The molecule has 16 heavy (non-hydrogen) atoms. The molecular weight excluding hydrogens is 206 g/mol. The van der Waals surface area contributed by atoms with Gasteiger partial charge in [-0.2, -0.15) is 0 Å². The molecule has 2 atom stereocenters. The highest BCUT2D eigenvalue weighted by molar-refractivity contribution is 5.54.